The highest BCUT2D eigenvalue weighted by Crippen LogP contribution is 2.48. The fourth-order valence-electron chi connectivity index (χ4n) is 12.0. The molecule has 1 aliphatic carbocycles. The lowest BCUT2D eigenvalue weighted by atomic mass is 9.78. The molecule has 3 aromatic rings. The molecular formula is C65H96N2O16Si2. The van der Waals surface area contributed by atoms with Crippen molar-refractivity contribution >= 4 is 34.8 Å². The van der Waals surface area contributed by atoms with Crippen LogP contribution in [0.1, 0.15) is 118 Å². The highest BCUT2D eigenvalue weighted by atomic mass is 28.4. The number of alkyl carbamates (subject to hydrolysis) is 2. The fourth-order valence-corrected chi connectivity index (χ4v) is 14.7. The fraction of sp³-hybridized carbons (Fsp3) is 0.677. The van der Waals surface area contributed by atoms with Crippen molar-refractivity contribution in [1.82, 2.24) is 10.6 Å². The molecule has 1 unspecified atom stereocenters. The number of fused-ring (bicyclic) bond motifs is 2. The van der Waals surface area contributed by atoms with E-state index < -0.39 is 127 Å². The molecule has 20 heteroatoms. The van der Waals surface area contributed by atoms with E-state index in [1.165, 1.54) is 0 Å². The Morgan fingerprint density at radius 1 is 0.588 bits per heavy atom. The molecule has 0 spiro atoms. The molecular weight excluding hydrogens is 1120 g/mol. The van der Waals surface area contributed by atoms with Gasteiger partial charge in [0.1, 0.15) is 55.9 Å². The van der Waals surface area contributed by atoms with Gasteiger partial charge in [-0.1, -0.05) is 167 Å². The van der Waals surface area contributed by atoms with Crippen molar-refractivity contribution < 1.29 is 75.3 Å². The molecule has 18 nitrogen and oxygen atoms in total. The van der Waals surface area contributed by atoms with E-state index >= 15 is 0 Å². The number of carbonyl (C=O) groups excluding carboxylic acids is 3. The Balaban J connectivity index is 1.04. The Morgan fingerprint density at radius 2 is 1.13 bits per heavy atom. The van der Waals surface area contributed by atoms with Crippen LogP contribution in [0.5, 0.6) is 0 Å². The second kappa shape index (κ2) is 27.2. The third kappa shape index (κ3) is 15.2. The smallest absolute Gasteiger partial charge is 0.407 e. The SMILES string of the molecule is CC[C@H]1O[C@@H](O[C@@H]2[C@H]3OC(=O)C[C@@H]3C[C@H](NC(=O)OCc3ccccc3)[C@H]2O[C@H]2O[C@@H]3COC(c4ccccc4)O[C@H]3[C@H](O[Si](C)(C)C(C)(C)C)[C@H]2C)[C@H](O[Si](C)(C)C(C)(C)C)[C@@H]1O[C@H]1O[C@@H](CNC(=O)OCc2ccccc2)[C@@H](C)[C@H](C)[C@H]1C. The molecule has 5 aliphatic heterocycles. The first-order valence-corrected chi connectivity index (χ1v) is 36.7. The first-order valence-electron chi connectivity index (χ1n) is 30.9. The number of nitrogens with one attached hydrogen (secondary N) is 2. The Morgan fingerprint density at radius 3 is 1.73 bits per heavy atom. The molecule has 6 fully saturated rings. The van der Waals surface area contributed by atoms with Gasteiger partial charge in [-0.2, -0.15) is 0 Å². The summed E-state index contributed by atoms with van der Waals surface area (Å²) in [6.07, 6.45) is -10.7. The van der Waals surface area contributed by atoms with Crippen molar-refractivity contribution in [3.05, 3.63) is 108 Å². The van der Waals surface area contributed by atoms with Crippen LogP contribution in [0.3, 0.4) is 0 Å². The molecule has 1 saturated carbocycles. The van der Waals surface area contributed by atoms with Gasteiger partial charge in [-0.3, -0.25) is 4.79 Å². The lowest BCUT2D eigenvalue weighted by molar-refractivity contribution is -0.364. The maximum Gasteiger partial charge on any atom is 0.407 e. The second-order valence-corrected chi connectivity index (χ2v) is 37.1. The Hall–Kier alpha value is -4.30. The summed E-state index contributed by atoms with van der Waals surface area (Å²) in [6.45, 7) is 33.1. The highest BCUT2D eigenvalue weighted by molar-refractivity contribution is 6.74. The summed E-state index contributed by atoms with van der Waals surface area (Å²) >= 11 is 0. The molecule has 85 heavy (non-hydrogen) atoms. The predicted octanol–water partition coefficient (Wildman–Crippen LogP) is 11.7. The van der Waals surface area contributed by atoms with Crippen LogP contribution >= 0.6 is 0 Å². The second-order valence-electron chi connectivity index (χ2n) is 27.5. The Bertz CT molecular complexity index is 2660. The maximum absolute atomic E-state index is 14.2. The molecule has 3 aromatic carbocycles. The first-order chi connectivity index (χ1) is 40.2. The molecule has 9 rings (SSSR count). The zero-order chi connectivity index (χ0) is 61.2. The number of hydrogen-bond donors (Lipinski definition) is 2. The molecule has 20 atom stereocenters. The summed E-state index contributed by atoms with van der Waals surface area (Å²) in [5.41, 5.74) is 2.59. The van der Waals surface area contributed by atoms with Gasteiger partial charge in [0.15, 0.2) is 41.8 Å². The van der Waals surface area contributed by atoms with E-state index in [0.29, 0.717) is 12.8 Å². The summed E-state index contributed by atoms with van der Waals surface area (Å²) in [6, 6.07) is 28.1. The zero-order valence-electron chi connectivity index (χ0n) is 52.7. The summed E-state index contributed by atoms with van der Waals surface area (Å²) < 4.78 is 89.1. The van der Waals surface area contributed by atoms with Crippen LogP contribution in [0.15, 0.2) is 91.0 Å². The van der Waals surface area contributed by atoms with Crippen LogP contribution in [0.4, 0.5) is 9.59 Å². The van der Waals surface area contributed by atoms with Crippen molar-refractivity contribution in [2.45, 2.75) is 237 Å². The number of amides is 2. The van der Waals surface area contributed by atoms with Crippen LogP contribution in [-0.4, -0.2) is 134 Å². The number of benzene rings is 3. The maximum atomic E-state index is 14.2. The van der Waals surface area contributed by atoms with E-state index in [9.17, 15) is 14.4 Å². The van der Waals surface area contributed by atoms with Gasteiger partial charge in [0.25, 0.3) is 0 Å². The van der Waals surface area contributed by atoms with Crippen molar-refractivity contribution in [3.63, 3.8) is 0 Å². The van der Waals surface area contributed by atoms with Crippen LogP contribution in [0.2, 0.25) is 36.3 Å². The number of rotatable bonds is 19. The molecule has 5 saturated heterocycles. The minimum atomic E-state index is -2.68. The van der Waals surface area contributed by atoms with Gasteiger partial charge >= 0.3 is 18.2 Å². The van der Waals surface area contributed by atoms with Gasteiger partial charge < -0.3 is 71.6 Å². The minimum absolute atomic E-state index is 0.0303. The van der Waals surface area contributed by atoms with Crippen LogP contribution < -0.4 is 10.6 Å². The van der Waals surface area contributed by atoms with Gasteiger partial charge in [-0.25, -0.2) is 9.59 Å². The molecule has 2 N–H and O–H groups in total. The Labute approximate surface area is 506 Å². The molecule has 5 heterocycles. The lowest BCUT2D eigenvalue weighted by Gasteiger charge is -2.53. The number of ether oxygens (including phenoxy) is 11. The largest absolute Gasteiger partial charge is 0.459 e. The van der Waals surface area contributed by atoms with Gasteiger partial charge in [0.05, 0.1) is 37.4 Å². The normalized spacial score (nSPS) is 35.3. The van der Waals surface area contributed by atoms with Crippen LogP contribution in [0.25, 0.3) is 0 Å². The van der Waals surface area contributed by atoms with Crippen LogP contribution in [-0.2, 0) is 79.0 Å². The van der Waals surface area contributed by atoms with E-state index in [2.05, 4.69) is 99.1 Å². The molecule has 2 amide bonds. The van der Waals surface area contributed by atoms with Crippen molar-refractivity contribution in [3.8, 4) is 0 Å². The van der Waals surface area contributed by atoms with E-state index in [1.54, 1.807) is 0 Å². The summed E-state index contributed by atoms with van der Waals surface area (Å²) in [7, 11) is -5.18. The van der Waals surface area contributed by atoms with Crippen molar-refractivity contribution in [1.29, 1.82) is 0 Å². The summed E-state index contributed by atoms with van der Waals surface area (Å²) in [4.78, 5) is 40.9. The van der Waals surface area contributed by atoms with Crippen LogP contribution in [0, 0.1) is 29.6 Å². The number of carbonyl (C=O) groups is 3. The Kier molecular flexibility index (Phi) is 20.9. The molecule has 0 aromatic heterocycles. The zero-order valence-corrected chi connectivity index (χ0v) is 54.7. The van der Waals surface area contributed by atoms with Crippen molar-refractivity contribution in [2.75, 3.05) is 13.2 Å². The van der Waals surface area contributed by atoms with Crippen molar-refractivity contribution in [2.24, 2.45) is 29.6 Å². The first kappa shape index (κ1) is 65.2. The molecule has 470 valence electrons. The average Bonchev–Trinajstić information content (AvgIpc) is 4.22. The van der Waals surface area contributed by atoms with Gasteiger partial charge in [-0.05, 0) is 72.1 Å². The monoisotopic (exact) mass is 1220 g/mol. The minimum Gasteiger partial charge on any atom is -0.459 e. The quantitative estimate of drug-likeness (QED) is 0.0653. The molecule has 6 aliphatic rings. The van der Waals surface area contributed by atoms with Gasteiger partial charge in [0, 0.05) is 29.9 Å². The summed E-state index contributed by atoms with van der Waals surface area (Å²) in [5, 5.41) is 5.71. The average molecular weight is 1220 g/mol. The van der Waals surface area contributed by atoms with E-state index in [4.69, 9.17) is 61.0 Å². The molecule has 0 radical (unpaired) electrons. The third-order valence-electron chi connectivity index (χ3n) is 19.6. The van der Waals surface area contributed by atoms with E-state index in [-0.39, 0.29) is 72.5 Å². The lowest BCUT2D eigenvalue weighted by Crippen LogP contribution is -2.66. The topological polar surface area (TPSA) is 195 Å². The van der Waals surface area contributed by atoms with Gasteiger partial charge in [-0.15, -0.1) is 0 Å². The summed E-state index contributed by atoms with van der Waals surface area (Å²) in [5.74, 6) is -1.10. The molecule has 0 bridgehead atoms. The van der Waals surface area contributed by atoms with E-state index in [0.717, 1.165) is 16.7 Å². The number of esters is 1. The predicted molar refractivity (Wildman–Crippen MR) is 322 cm³/mol. The third-order valence-corrected chi connectivity index (χ3v) is 28.6. The van der Waals surface area contributed by atoms with Gasteiger partial charge in [0.2, 0.25) is 0 Å². The highest BCUT2D eigenvalue weighted by Gasteiger charge is 2.60. The standard InChI is InChI=1S/C65H96N2O16Si2/c1-16-47-54(79-58-40(4)38(2)39(3)48(75-58)34-66-62(69)72-35-42-26-20-17-21-27-42)57(83-85(14,15)65(9,10)11)61(74-47)81-56-52-45(33-50(68)77-52)32-46(67-63(70)73-36-43-28-22-18-23-29-43)53(56)78-59-41(5)51(82-84(12,13)64(6,7)8)55-49(76-59)37-71-60(80-55)44-30-24-19-25-31-44/h17-31,38-41,45-49,51-61H,16,32-37H2,1-15H3,(H,66,69)(H,67,70)/t38-,39-,40+,41+,45-,46-,47+,48-,49+,51+,52-,53+,54+,55+,56+,57+,58+,59+,60?,61-/m0/s1. The number of hydrogen-bond acceptors (Lipinski definition) is 16. The van der Waals surface area contributed by atoms with E-state index in [1.807, 2.05) is 105 Å².